The lowest BCUT2D eigenvalue weighted by molar-refractivity contribution is 0.0787. The zero-order valence-electron chi connectivity index (χ0n) is 9.57. The van der Waals surface area contributed by atoms with Crippen LogP contribution in [-0.4, -0.2) is 17.9 Å². The third-order valence-corrected chi connectivity index (χ3v) is 5.31. The minimum absolute atomic E-state index is 0.0944. The molecule has 5 heteroatoms. The van der Waals surface area contributed by atoms with Crippen LogP contribution in [-0.2, 0) is 6.54 Å². The highest BCUT2D eigenvalue weighted by atomic mass is 127. The van der Waals surface area contributed by atoms with Crippen LogP contribution in [0.5, 0.6) is 0 Å². The molecular weight excluding hydrogens is 365 g/mol. The smallest absolute Gasteiger partial charge is 0.254 e. The van der Waals surface area contributed by atoms with Crippen LogP contribution in [0.3, 0.4) is 0 Å². The summed E-state index contributed by atoms with van der Waals surface area (Å²) in [6.07, 6.45) is 0. The Morgan fingerprint density at radius 3 is 2.76 bits per heavy atom. The number of aryl methyl sites for hydroxylation is 1. The van der Waals surface area contributed by atoms with Crippen molar-refractivity contribution in [2.75, 3.05) is 7.05 Å². The number of amides is 1. The molecule has 0 aliphatic carbocycles. The molecule has 2 aromatic heterocycles. The average Bonchev–Trinajstić information content (AvgIpc) is 2.88. The Bertz CT molecular complexity index is 532. The summed E-state index contributed by atoms with van der Waals surface area (Å²) in [5.41, 5.74) is 2.05. The molecule has 0 aliphatic rings. The Labute approximate surface area is 122 Å². The summed E-state index contributed by atoms with van der Waals surface area (Å²) in [6, 6.07) is 4.02. The molecule has 0 aliphatic heterocycles. The lowest BCUT2D eigenvalue weighted by Gasteiger charge is -2.16. The molecule has 2 nitrogen and oxygen atoms in total. The summed E-state index contributed by atoms with van der Waals surface area (Å²) in [5, 5.41) is 3.98. The van der Waals surface area contributed by atoms with Gasteiger partial charge in [0.2, 0.25) is 0 Å². The van der Waals surface area contributed by atoms with E-state index in [1.807, 2.05) is 18.5 Å². The number of rotatable bonds is 3. The van der Waals surface area contributed by atoms with Crippen LogP contribution >= 0.6 is 45.3 Å². The highest BCUT2D eigenvalue weighted by Crippen LogP contribution is 2.21. The molecule has 0 saturated heterocycles. The number of carbonyl (C=O) groups is 1. The Hall–Kier alpha value is -0.400. The fourth-order valence-corrected chi connectivity index (χ4v) is 3.77. The third-order valence-electron chi connectivity index (χ3n) is 2.51. The van der Waals surface area contributed by atoms with Gasteiger partial charge in [-0.2, -0.15) is 0 Å². The van der Waals surface area contributed by atoms with Crippen molar-refractivity contribution in [1.82, 2.24) is 4.90 Å². The van der Waals surface area contributed by atoms with Crippen molar-refractivity contribution in [3.63, 3.8) is 0 Å². The summed E-state index contributed by atoms with van der Waals surface area (Å²) in [7, 11) is 1.85. The van der Waals surface area contributed by atoms with Gasteiger partial charge in [0.25, 0.3) is 5.91 Å². The van der Waals surface area contributed by atoms with E-state index in [-0.39, 0.29) is 5.91 Å². The molecule has 0 bridgehead atoms. The predicted molar refractivity (Wildman–Crippen MR) is 81.9 cm³/mol. The molecule has 0 unspecified atom stereocenters. The predicted octanol–water partition coefficient (Wildman–Crippen LogP) is 3.99. The molecule has 0 spiro atoms. The molecule has 90 valence electrons. The van der Waals surface area contributed by atoms with E-state index in [2.05, 4.69) is 41.0 Å². The number of hydrogen-bond acceptors (Lipinski definition) is 3. The van der Waals surface area contributed by atoms with Gasteiger partial charge in [0, 0.05) is 17.3 Å². The maximum absolute atomic E-state index is 12.1. The topological polar surface area (TPSA) is 20.3 Å². The molecule has 0 N–H and O–H groups in total. The van der Waals surface area contributed by atoms with Crippen molar-refractivity contribution in [2.45, 2.75) is 13.5 Å². The van der Waals surface area contributed by atoms with Crippen molar-refractivity contribution in [1.29, 1.82) is 0 Å². The van der Waals surface area contributed by atoms with E-state index in [0.29, 0.717) is 6.54 Å². The summed E-state index contributed by atoms with van der Waals surface area (Å²) in [6.45, 7) is 2.77. The van der Waals surface area contributed by atoms with E-state index in [9.17, 15) is 4.79 Å². The van der Waals surface area contributed by atoms with Crippen LogP contribution in [0.4, 0.5) is 0 Å². The number of halogens is 1. The normalized spacial score (nSPS) is 10.5. The quantitative estimate of drug-likeness (QED) is 0.741. The second-order valence-corrected chi connectivity index (χ2v) is 7.63. The lowest BCUT2D eigenvalue weighted by Crippen LogP contribution is -2.25. The Kier molecular flexibility index (Phi) is 4.22. The Morgan fingerprint density at radius 1 is 1.47 bits per heavy atom. The van der Waals surface area contributed by atoms with Gasteiger partial charge in [-0.05, 0) is 52.6 Å². The van der Waals surface area contributed by atoms with Gasteiger partial charge in [0.1, 0.15) is 0 Å². The summed E-state index contributed by atoms with van der Waals surface area (Å²) in [4.78, 5) is 15.2. The molecule has 0 radical (unpaired) electrons. The van der Waals surface area contributed by atoms with Gasteiger partial charge in [0.05, 0.1) is 15.0 Å². The first-order chi connectivity index (χ1) is 8.08. The van der Waals surface area contributed by atoms with Crippen molar-refractivity contribution in [3.05, 3.63) is 41.8 Å². The van der Waals surface area contributed by atoms with Crippen molar-refractivity contribution < 1.29 is 4.79 Å². The van der Waals surface area contributed by atoms with Gasteiger partial charge in [-0.15, -0.1) is 22.7 Å². The molecule has 2 heterocycles. The first kappa shape index (κ1) is 13.0. The minimum Gasteiger partial charge on any atom is -0.337 e. The van der Waals surface area contributed by atoms with Crippen LogP contribution in [0.15, 0.2) is 22.9 Å². The van der Waals surface area contributed by atoms with Crippen LogP contribution < -0.4 is 0 Å². The van der Waals surface area contributed by atoms with E-state index in [0.717, 1.165) is 8.45 Å². The number of carbonyl (C=O) groups excluding carboxylic acids is 1. The molecule has 0 fully saturated rings. The average molecular weight is 377 g/mol. The first-order valence-electron chi connectivity index (χ1n) is 5.10. The number of thiophene rings is 2. The van der Waals surface area contributed by atoms with Crippen LogP contribution in [0, 0.1) is 9.81 Å². The largest absolute Gasteiger partial charge is 0.337 e. The fraction of sp³-hybridized carbons (Fsp3) is 0.250. The molecule has 0 atom stereocenters. The maximum atomic E-state index is 12.1. The van der Waals surface area contributed by atoms with E-state index in [1.165, 1.54) is 10.4 Å². The van der Waals surface area contributed by atoms with Crippen LogP contribution in [0.25, 0.3) is 0 Å². The molecule has 0 aromatic carbocycles. The monoisotopic (exact) mass is 377 g/mol. The molecule has 2 rings (SSSR count). The van der Waals surface area contributed by atoms with Gasteiger partial charge < -0.3 is 4.90 Å². The summed E-state index contributed by atoms with van der Waals surface area (Å²) in [5.74, 6) is 0.0944. The van der Waals surface area contributed by atoms with Gasteiger partial charge in [-0.25, -0.2) is 0 Å². The Balaban J connectivity index is 2.08. The Morgan fingerprint density at radius 2 is 2.24 bits per heavy atom. The van der Waals surface area contributed by atoms with E-state index in [4.69, 9.17) is 0 Å². The summed E-state index contributed by atoms with van der Waals surface area (Å²) < 4.78 is 1.15. The SMILES string of the molecule is Cc1ccsc1CN(C)C(=O)c1csc(I)c1. The second-order valence-electron chi connectivity index (χ2n) is 3.83. The lowest BCUT2D eigenvalue weighted by atomic mass is 10.2. The van der Waals surface area contributed by atoms with Gasteiger partial charge >= 0.3 is 0 Å². The van der Waals surface area contributed by atoms with Crippen LogP contribution in [0.2, 0.25) is 0 Å². The van der Waals surface area contributed by atoms with Gasteiger partial charge in [0.15, 0.2) is 0 Å². The van der Waals surface area contributed by atoms with Gasteiger partial charge in [-0.1, -0.05) is 0 Å². The molecule has 0 saturated carbocycles. The third kappa shape index (κ3) is 3.08. The highest BCUT2D eigenvalue weighted by molar-refractivity contribution is 14.1. The molecular formula is C12H12INOS2. The van der Waals surface area contributed by atoms with Gasteiger partial charge in [-0.3, -0.25) is 4.79 Å². The molecule has 1 amide bonds. The summed E-state index contributed by atoms with van der Waals surface area (Å²) >= 11 is 5.54. The molecule has 17 heavy (non-hydrogen) atoms. The number of nitrogens with zero attached hydrogens (tertiary/aromatic N) is 1. The van der Waals surface area contributed by atoms with Crippen LogP contribution in [0.1, 0.15) is 20.8 Å². The highest BCUT2D eigenvalue weighted by Gasteiger charge is 2.14. The van der Waals surface area contributed by atoms with E-state index >= 15 is 0 Å². The zero-order valence-corrected chi connectivity index (χ0v) is 13.4. The van der Waals surface area contributed by atoms with Crippen molar-refractivity contribution in [2.24, 2.45) is 0 Å². The second kappa shape index (κ2) is 5.49. The zero-order chi connectivity index (χ0) is 12.4. The number of hydrogen-bond donors (Lipinski definition) is 0. The first-order valence-corrected chi connectivity index (χ1v) is 7.94. The standard InChI is InChI=1S/C12H12INOS2/c1-8-3-4-16-10(8)6-14(2)12(15)9-5-11(13)17-7-9/h3-5,7H,6H2,1-2H3. The fourth-order valence-electron chi connectivity index (χ4n) is 1.50. The van der Waals surface area contributed by atoms with E-state index in [1.54, 1.807) is 27.6 Å². The van der Waals surface area contributed by atoms with E-state index < -0.39 is 0 Å². The van der Waals surface area contributed by atoms with Crippen molar-refractivity contribution >= 4 is 51.2 Å². The van der Waals surface area contributed by atoms with Crippen molar-refractivity contribution in [3.8, 4) is 0 Å². The minimum atomic E-state index is 0.0944. The maximum Gasteiger partial charge on any atom is 0.254 e. The molecule has 2 aromatic rings.